The number of nitrogens with two attached hydrogens (primary N) is 1. The number of hydrogen-bond acceptors (Lipinski definition) is 5. The second kappa shape index (κ2) is 15.3. The second-order valence-electron chi connectivity index (χ2n) is 8.76. The van der Waals surface area contributed by atoms with Crippen molar-refractivity contribution in [3.8, 4) is 0 Å². The maximum atomic E-state index is 11.5. The number of nitrogens with one attached hydrogen (secondary N) is 2. The Bertz CT molecular complexity index is 731. The molecule has 2 fully saturated rings. The molecular formula is C24H41IN6O2. The van der Waals surface area contributed by atoms with Crippen molar-refractivity contribution in [2.75, 3.05) is 37.7 Å². The van der Waals surface area contributed by atoms with Crippen LogP contribution in [0.5, 0.6) is 0 Å². The average molecular weight is 573 g/mol. The Hall–Kier alpha value is -1.62. The summed E-state index contributed by atoms with van der Waals surface area (Å²) in [6, 6.07) is 4.02. The van der Waals surface area contributed by atoms with E-state index in [0.29, 0.717) is 19.3 Å². The largest absolute Gasteiger partial charge is 0.376 e. The number of carbonyl (C=O) groups is 1. The zero-order valence-electron chi connectivity index (χ0n) is 19.9. The SMILES string of the molecule is CCNC(=NCc1cccnc1N1CCC(C(N)=O)CC1)NCCOC1CCCCCC1.I. The Morgan fingerprint density at radius 3 is 2.58 bits per heavy atom. The van der Waals surface area contributed by atoms with Crippen LogP contribution in [0.4, 0.5) is 5.82 Å². The van der Waals surface area contributed by atoms with Gasteiger partial charge in [0, 0.05) is 43.9 Å². The van der Waals surface area contributed by atoms with Crippen LogP contribution in [-0.2, 0) is 16.1 Å². The van der Waals surface area contributed by atoms with Crippen molar-refractivity contribution in [3.05, 3.63) is 23.9 Å². The van der Waals surface area contributed by atoms with Crippen molar-refractivity contribution < 1.29 is 9.53 Å². The Morgan fingerprint density at radius 1 is 1.18 bits per heavy atom. The molecule has 0 aromatic carbocycles. The topological polar surface area (TPSA) is 105 Å². The highest BCUT2D eigenvalue weighted by Gasteiger charge is 2.24. The van der Waals surface area contributed by atoms with E-state index >= 15 is 0 Å². The predicted octanol–water partition coefficient (Wildman–Crippen LogP) is 3.20. The van der Waals surface area contributed by atoms with Gasteiger partial charge in [-0.05, 0) is 38.7 Å². The highest BCUT2D eigenvalue weighted by molar-refractivity contribution is 14.0. The van der Waals surface area contributed by atoms with Gasteiger partial charge in [-0.3, -0.25) is 4.79 Å². The number of carbonyl (C=O) groups excluding carboxylic acids is 1. The first-order valence-electron chi connectivity index (χ1n) is 12.3. The fourth-order valence-corrected chi connectivity index (χ4v) is 4.52. The van der Waals surface area contributed by atoms with Gasteiger partial charge in [-0.15, -0.1) is 24.0 Å². The van der Waals surface area contributed by atoms with E-state index in [1.165, 1.54) is 38.5 Å². The molecule has 0 radical (unpaired) electrons. The molecule has 3 rings (SSSR count). The second-order valence-corrected chi connectivity index (χ2v) is 8.76. The number of nitrogens with zero attached hydrogens (tertiary/aromatic N) is 3. The van der Waals surface area contributed by atoms with E-state index in [1.807, 2.05) is 12.3 Å². The highest BCUT2D eigenvalue weighted by atomic mass is 127. The fourth-order valence-electron chi connectivity index (χ4n) is 4.52. The van der Waals surface area contributed by atoms with Crippen molar-refractivity contribution >= 4 is 41.7 Å². The maximum Gasteiger partial charge on any atom is 0.220 e. The minimum atomic E-state index is -0.195. The lowest BCUT2D eigenvalue weighted by Crippen LogP contribution is -2.40. The van der Waals surface area contributed by atoms with Crippen molar-refractivity contribution in [2.45, 2.75) is 70.9 Å². The molecule has 33 heavy (non-hydrogen) atoms. The number of halogens is 1. The van der Waals surface area contributed by atoms with Gasteiger partial charge in [-0.1, -0.05) is 31.7 Å². The Kier molecular flexibility index (Phi) is 12.8. The highest BCUT2D eigenvalue weighted by Crippen LogP contribution is 2.25. The molecule has 1 aliphatic carbocycles. The first-order valence-corrected chi connectivity index (χ1v) is 12.3. The van der Waals surface area contributed by atoms with Crippen LogP contribution in [0.3, 0.4) is 0 Å². The summed E-state index contributed by atoms with van der Waals surface area (Å²) in [6.07, 6.45) is 11.4. The van der Waals surface area contributed by atoms with Gasteiger partial charge in [-0.25, -0.2) is 9.98 Å². The molecular weight excluding hydrogens is 531 g/mol. The van der Waals surface area contributed by atoms with E-state index in [4.69, 9.17) is 15.5 Å². The summed E-state index contributed by atoms with van der Waals surface area (Å²) in [6.45, 7) is 6.42. The van der Waals surface area contributed by atoms with Gasteiger partial charge >= 0.3 is 0 Å². The van der Waals surface area contributed by atoms with Crippen LogP contribution in [0.15, 0.2) is 23.3 Å². The fraction of sp³-hybridized carbons (Fsp3) is 0.708. The molecule has 9 heteroatoms. The number of rotatable bonds is 9. The number of ether oxygens (including phenoxy) is 1. The molecule has 1 saturated carbocycles. The predicted molar refractivity (Wildman–Crippen MR) is 144 cm³/mol. The molecule has 8 nitrogen and oxygen atoms in total. The molecule has 4 N–H and O–H groups in total. The van der Waals surface area contributed by atoms with Crippen LogP contribution >= 0.6 is 24.0 Å². The minimum Gasteiger partial charge on any atom is -0.376 e. The summed E-state index contributed by atoms with van der Waals surface area (Å²) in [5.41, 5.74) is 6.56. The van der Waals surface area contributed by atoms with Crippen LogP contribution in [0.2, 0.25) is 0 Å². The number of piperidine rings is 1. The van der Waals surface area contributed by atoms with E-state index in [9.17, 15) is 4.79 Å². The van der Waals surface area contributed by atoms with Gasteiger partial charge in [0.05, 0.1) is 19.3 Å². The third-order valence-electron chi connectivity index (χ3n) is 6.37. The molecule has 1 aromatic heterocycles. The van der Waals surface area contributed by atoms with Crippen molar-refractivity contribution in [3.63, 3.8) is 0 Å². The van der Waals surface area contributed by atoms with E-state index in [-0.39, 0.29) is 35.8 Å². The number of guanidine groups is 1. The normalized spacial score (nSPS) is 18.3. The van der Waals surface area contributed by atoms with Gasteiger partial charge in [0.1, 0.15) is 5.82 Å². The molecule has 1 aromatic rings. The van der Waals surface area contributed by atoms with Crippen molar-refractivity contribution in [2.24, 2.45) is 16.6 Å². The zero-order chi connectivity index (χ0) is 22.6. The first kappa shape index (κ1) is 27.6. The summed E-state index contributed by atoms with van der Waals surface area (Å²) in [7, 11) is 0. The lowest BCUT2D eigenvalue weighted by Gasteiger charge is -2.32. The van der Waals surface area contributed by atoms with Crippen LogP contribution in [0, 0.1) is 5.92 Å². The summed E-state index contributed by atoms with van der Waals surface area (Å²) >= 11 is 0. The van der Waals surface area contributed by atoms with Gasteiger partial charge in [0.2, 0.25) is 5.91 Å². The summed E-state index contributed by atoms with van der Waals surface area (Å²) in [5, 5.41) is 6.71. The smallest absolute Gasteiger partial charge is 0.220 e. The lowest BCUT2D eigenvalue weighted by atomic mass is 9.96. The Labute approximate surface area is 215 Å². The molecule has 1 amide bonds. The zero-order valence-corrected chi connectivity index (χ0v) is 22.3. The number of anilines is 1. The third kappa shape index (κ3) is 9.27. The van der Waals surface area contributed by atoms with Crippen molar-refractivity contribution in [1.29, 1.82) is 0 Å². The first-order chi connectivity index (χ1) is 15.7. The number of primary amides is 1. The molecule has 0 atom stereocenters. The van der Waals surface area contributed by atoms with Gasteiger partial charge < -0.3 is 26.0 Å². The number of hydrogen-bond donors (Lipinski definition) is 3. The maximum absolute atomic E-state index is 11.5. The molecule has 186 valence electrons. The van der Waals surface area contributed by atoms with Gasteiger partial charge in [-0.2, -0.15) is 0 Å². The molecule has 2 heterocycles. The van der Waals surface area contributed by atoms with Crippen LogP contribution in [0.25, 0.3) is 0 Å². The molecule has 1 aliphatic heterocycles. The molecule has 0 unspecified atom stereocenters. The number of pyridine rings is 1. The standard InChI is InChI=1S/C24H40N6O2.HI/c1-2-26-24(28-14-17-32-21-9-5-3-4-6-10-21)29-18-20-8-7-13-27-23(20)30-15-11-19(12-16-30)22(25)31;/h7-8,13,19,21H,2-6,9-12,14-18H2,1H3,(H2,25,31)(H2,26,28,29);1H. The summed E-state index contributed by atoms with van der Waals surface area (Å²) in [4.78, 5) is 23.1. The molecule has 0 spiro atoms. The number of aromatic nitrogens is 1. The van der Waals surface area contributed by atoms with Crippen LogP contribution in [0.1, 0.15) is 63.9 Å². The molecule has 1 saturated heterocycles. The Morgan fingerprint density at radius 2 is 1.91 bits per heavy atom. The minimum absolute atomic E-state index is 0. The average Bonchev–Trinajstić information content (AvgIpc) is 3.09. The lowest BCUT2D eigenvalue weighted by molar-refractivity contribution is -0.122. The summed E-state index contributed by atoms with van der Waals surface area (Å²) in [5.74, 6) is 1.52. The number of aliphatic imine (C=N–C) groups is 1. The molecule has 2 aliphatic rings. The van der Waals surface area contributed by atoms with E-state index in [2.05, 4.69) is 33.5 Å². The van der Waals surface area contributed by atoms with E-state index in [0.717, 1.165) is 56.4 Å². The van der Waals surface area contributed by atoms with Crippen molar-refractivity contribution in [1.82, 2.24) is 15.6 Å². The molecule has 0 bridgehead atoms. The monoisotopic (exact) mass is 572 g/mol. The Balaban J connectivity index is 0.00000385. The summed E-state index contributed by atoms with van der Waals surface area (Å²) < 4.78 is 6.08. The number of amides is 1. The van der Waals surface area contributed by atoms with Gasteiger partial charge in [0.15, 0.2) is 5.96 Å². The van der Waals surface area contributed by atoms with Crippen LogP contribution < -0.4 is 21.3 Å². The third-order valence-corrected chi connectivity index (χ3v) is 6.37. The quantitative estimate of drug-likeness (QED) is 0.138. The van der Waals surface area contributed by atoms with Crippen LogP contribution in [-0.4, -0.2) is 55.7 Å². The van der Waals surface area contributed by atoms with Gasteiger partial charge in [0.25, 0.3) is 0 Å². The van der Waals surface area contributed by atoms with E-state index in [1.54, 1.807) is 0 Å². The van der Waals surface area contributed by atoms with E-state index < -0.39 is 0 Å².